The number of hydrogen-bond donors (Lipinski definition) is 0. The van der Waals surface area contributed by atoms with Crippen molar-refractivity contribution >= 4 is 5.69 Å². The van der Waals surface area contributed by atoms with Crippen LogP contribution in [0.2, 0.25) is 0 Å². The molecule has 0 saturated heterocycles. The molecule has 142 valence electrons. The van der Waals surface area contributed by atoms with E-state index in [1.165, 1.54) is 33.8 Å². The van der Waals surface area contributed by atoms with Gasteiger partial charge in [0.1, 0.15) is 0 Å². The smallest absolute Gasteiger partial charge is 0.0953 e. The van der Waals surface area contributed by atoms with Crippen LogP contribution >= 0.6 is 0 Å². The number of anilines is 1. The Morgan fingerprint density at radius 3 is 2.74 bits per heavy atom. The SMILES string of the molecule is CCN1CCc2cc(-c3cncn3C(C)Cc3c(C)nn(C)c3C)ccc21. The summed E-state index contributed by atoms with van der Waals surface area (Å²) in [6.45, 7) is 10.9. The average Bonchev–Trinajstić information content (AvgIpc) is 3.35. The summed E-state index contributed by atoms with van der Waals surface area (Å²) in [5.74, 6) is 0. The standard InChI is InChI=1S/C22H29N5/c1-6-26-10-9-19-12-18(7-8-21(19)26)22-13-23-14-27(22)15(2)11-20-16(3)24-25(5)17(20)4/h7-8,12-15H,6,9-11H2,1-5H3. The van der Waals surface area contributed by atoms with Crippen molar-refractivity contribution in [1.29, 1.82) is 0 Å². The van der Waals surface area contributed by atoms with Gasteiger partial charge in [-0.05, 0) is 63.8 Å². The largest absolute Gasteiger partial charge is 0.371 e. The van der Waals surface area contributed by atoms with Crippen LogP contribution in [-0.4, -0.2) is 32.4 Å². The molecule has 1 aromatic carbocycles. The first-order valence-electron chi connectivity index (χ1n) is 9.88. The van der Waals surface area contributed by atoms with Gasteiger partial charge in [0, 0.05) is 43.1 Å². The Balaban J connectivity index is 1.63. The van der Waals surface area contributed by atoms with Crippen molar-refractivity contribution in [2.45, 2.75) is 46.6 Å². The van der Waals surface area contributed by atoms with Crippen molar-refractivity contribution in [3.63, 3.8) is 0 Å². The van der Waals surface area contributed by atoms with E-state index < -0.39 is 0 Å². The van der Waals surface area contributed by atoms with Gasteiger partial charge in [-0.25, -0.2) is 4.98 Å². The van der Waals surface area contributed by atoms with Crippen molar-refractivity contribution in [3.8, 4) is 11.3 Å². The Morgan fingerprint density at radius 1 is 1.22 bits per heavy atom. The van der Waals surface area contributed by atoms with E-state index in [0.717, 1.165) is 31.6 Å². The van der Waals surface area contributed by atoms with Crippen LogP contribution in [0.1, 0.15) is 42.4 Å². The second kappa shape index (κ2) is 6.87. The zero-order valence-corrected chi connectivity index (χ0v) is 17.0. The number of likely N-dealkylation sites (N-methyl/N-ethyl adjacent to an activating group) is 1. The van der Waals surface area contributed by atoms with Crippen molar-refractivity contribution in [2.24, 2.45) is 7.05 Å². The molecular weight excluding hydrogens is 334 g/mol. The van der Waals surface area contributed by atoms with Crippen LogP contribution < -0.4 is 4.90 Å². The van der Waals surface area contributed by atoms with Gasteiger partial charge in [0.2, 0.25) is 0 Å². The van der Waals surface area contributed by atoms with Crippen molar-refractivity contribution in [1.82, 2.24) is 19.3 Å². The summed E-state index contributed by atoms with van der Waals surface area (Å²) in [5, 5.41) is 4.57. The fourth-order valence-electron chi connectivity index (χ4n) is 4.34. The minimum atomic E-state index is 0.324. The van der Waals surface area contributed by atoms with Gasteiger partial charge in [0.25, 0.3) is 0 Å². The summed E-state index contributed by atoms with van der Waals surface area (Å²) in [4.78, 5) is 6.92. The first-order chi connectivity index (χ1) is 13.0. The molecule has 1 atom stereocenters. The molecule has 0 spiro atoms. The highest BCUT2D eigenvalue weighted by Gasteiger charge is 2.20. The zero-order valence-electron chi connectivity index (χ0n) is 17.0. The molecule has 3 aromatic rings. The second-order valence-electron chi connectivity index (χ2n) is 7.69. The van der Waals surface area contributed by atoms with Crippen LogP contribution in [0.5, 0.6) is 0 Å². The Hall–Kier alpha value is -2.56. The van der Waals surface area contributed by atoms with E-state index in [-0.39, 0.29) is 0 Å². The number of rotatable bonds is 5. The molecule has 5 heteroatoms. The molecule has 0 radical (unpaired) electrons. The summed E-state index contributed by atoms with van der Waals surface area (Å²) < 4.78 is 4.28. The maximum Gasteiger partial charge on any atom is 0.0953 e. The summed E-state index contributed by atoms with van der Waals surface area (Å²) in [7, 11) is 2.02. The lowest BCUT2D eigenvalue weighted by Gasteiger charge is -2.19. The molecule has 0 amide bonds. The van der Waals surface area contributed by atoms with E-state index >= 15 is 0 Å². The van der Waals surface area contributed by atoms with Crippen LogP contribution in [0.15, 0.2) is 30.7 Å². The van der Waals surface area contributed by atoms with Gasteiger partial charge in [0.15, 0.2) is 0 Å². The number of fused-ring (bicyclic) bond motifs is 1. The number of benzene rings is 1. The summed E-state index contributed by atoms with van der Waals surface area (Å²) in [6, 6.07) is 7.20. The maximum atomic E-state index is 4.57. The number of aromatic nitrogens is 4. The minimum absolute atomic E-state index is 0.324. The van der Waals surface area contributed by atoms with Gasteiger partial charge in [-0.2, -0.15) is 5.10 Å². The molecule has 0 aliphatic carbocycles. The molecule has 2 aromatic heterocycles. The van der Waals surface area contributed by atoms with Gasteiger partial charge in [0.05, 0.1) is 23.9 Å². The number of nitrogens with zero attached hydrogens (tertiary/aromatic N) is 5. The van der Waals surface area contributed by atoms with E-state index in [2.05, 4.69) is 65.4 Å². The minimum Gasteiger partial charge on any atom is -0.371 e. The molecule has 1 aliphatic rings. The molecule has 1 unspecified atom stereocenters. The third-order valence-corrected chi connectivity index (χ3v) is 6.05. The van der Waals surface area contributed by atoms with E-state index in [0.29, 0.717) is 6.04 Å². The maximum absolute atomic E-state index is 4.57. The Bertz CT molecular complexity index is 965. The molecule has 5 nitrogen and oxygen atoms in total. The highest BCUT2D eigenvalue weighted by molar-refractivity contribution is 5.68. The van der Waals surface area contributed by atoms with Gasteiger partial charge in [-0.3, -0.25) is 4.68 Å². The van der Waals surface area contributed by atoms with Gasteiger partial charge in [-0.15, -0.1) is 0 Å². The van der Waals surface area contributed by atoms with Crippen molar-refractivity contribution < 1.29 is 0 Å². The molecule has 0 bridgehead atoms. The Kier molecular flexibility index (Phi) is 4.54. The van der Waals surface area contributed by atoms with Gasteiger partial charge >= 0.3 is 0 Å². The normalized spacial score (nSPS) is 14.6. The molecule has 0 fully saturated rings. The Morgan fingerprint density at radius 2 is 2.04 bits per heavy atom. The van der Waals surface area contributed by atoms with Crippen LogP contribution in [0.4, 0.5) is 5.69 Å². The first-order valence-corrected chi connectivity index (χ1v) is 9.88. The molecule has 27 heavy (non-hydrogen) atoms. The predicted octanol–water partition coefficient (Wildman–Crippen LogP) is 4.09. The van der Waals surface area contributed by atoms with Gasteiger partial charge in [-0.1, -0.05) is 6.07 Å². The molecule has 4 rings (SSSR count). The Labute approximate surface area is 161 Å². The fourth-order valence-corrected chi connectivity index (χ4v) is 4.34. The molecule has 3 heterocycles. The lowest BCUT2D eigenvalue weighted by Crippen LogP contribution is -2.18. The summed E-state index contributed by atoms with van der Waals surface area (Å²) in [5.41, 5.74) is 9.02. The monoisotopic (exact) mass is 363 g/mol. The lowest BCUT2D eigenvalue weighted by molar-refractivity contribution is 0.546. The van der Waals surface area contributed by atoms with Crippen molar-refractivity contribution in [3.05, 3.63) is 53.2 Å². The quantitative estimate of drug-likeness (QED) is 0.685. The average molecular weight is 364 g/mol. The van der Waals surface area contributed by atoms with Crippen LogP contribution in [-0.2, 0) is 19.9 Å². The molecule has 0 N–H and O–H groups in total. The number of imidazole rings is 1. The third kappa shape index (κ3) is 3.05. The van der Waals surface area contributed by atoms with E-state index in [9.17, 15) is 0 Å². The fraction of sp³-hybridized carbons (Fsp3) is 0.455. The second-order valence-corrected chi connectivity index (χ2v) is 7.69. The van der Waals surface area contributed by atoms with E-state index in [1.54, 1.807) is 0 Å². The summed E-state index contributed by atoms with van der Waals surface area (Å²) >= 11 is 0. The molecule has 0 saturated carbocycles. The molecular formula is C22H29N5. The highest BCUT2D eigenvalue weighted by Crippen LogP contribution is 2.33. The van der Waals surface area contributed by atoms with Crippen LogP contribution in [0.25, 0.3) is 11.3 Å². The number of hydrogen-bond acceptors (Lipinski definition) is 3. The van der Waals surface area contributed by atoms with Crippen LogP contribution in [0, 0.1) is 13.8 Å². The first kappa shape index (κ1) is 17.8. The lowest BCUT2D eigenvalue weighted by atomic mass is 10.0. The highest BCUT2D eigenvalue weighted by atomic mass is 15.3. The summed E-state index contributed by atoms with van der Waals surface area (Å²) in [6.07, 6.45) is 6.05. The predicted molar refractivity (Wildman–Crippen MR) is 110 cm³/mol. The van der Waals surface area contributed by atoms with E-state index in [1.807, 2.05) is 24.3 Å². The topological polar surface area (TPSA) is 38.9 Å². The van der Waals surface area contributed by atoms with Crippen LogP contribution in [0.3, 0.4) is 0 Å². The van der Waals surface area contributed by atoms with E-state index in [4.69, 9.17) is 0 Å². The van der Waals surface area contributed by atoms with Gasteiger partial charge < -0.3 is 9.47 Å². The zero-order chi connectivity index (χ0) is 19.1. The number of aryl methyl sites for hydroxylation is 2. The van der Waals surface area contributed by atoms with Crippen molar-refractivity contribution in [2.75, 3.05) is 18.0 Å². The molecule has 1 aliphatic heterocycles. The third-order valence-electron chi connectivity index (χ3n) is 6.05.